The summed E-state index contributed by atoms with van der Waals surface area (Å²) in [7, 11) is 0. The lowest BCUT2D eigenvalue weighted by atomic mass is 10.1. The largest absolute Gasteiger partial charge is 0.270 e. The molecule has 4 heterocycles. The van der Waals surface area contributed by atoms with Crippen LogP contribution in [0, 0.1) is 6.92 Å². The Kier molecular flexibility index (Phi) is 3.37. The molecule has 4 aromatic heterocycles. The Labute approximate surface area is 139 Å². The Balaban J connectivity index is 1.82. The van der Waals surface area contributed by atoms with Gasteiger partial charge in [0.1, 0.15) is 5.69 Å². The van der Waals surface area contributed by atoms with Crippen molar-refractivity contribution in [3.8, 4) is 22.8 Å². The molecule has 0 fully saturated rings. The van der Waals surface area contributed by atoms with Crippen molar-refractivity contribution in [2.45, 2.75) is 26.8 Å². The summed E-state index contributed by atoms with van der Waals surface area (Å²) >= 11 is 0. The van der Waals surface area contributed by atoms with E-state index in [2.05, 4.69) is 40.9 Å². The average molecular weight is 318 g/mol. The van der Waals surface area contributed by atoms with Crippen LogP contribution in [0.5, 0.6) is 0 Å². The third-order valence-corrected chi connectivity index (χ3v) is 4.11. The smallest absolute Gasteiger partial charge is 0.198 e. The van der Waals surface area contributed by atoms with Gasteiger partial charge in [-0.15, -0.1) is 5.10 Å². The molecule has 4 aromatic rings. The zero-order valence-electron chi connectivity index (χ0n) is 13.9. The van der Waals surface area contributed by atoms with Gasteiger partial charge in [-0.25, -0.2) is 9.50 Å². The summed E-state index contributed by atoms with van der Waals surface area (Å²) < 4.78 is 3.82. The molecule has 0 radical (unpaired) electrons. The molecular formula is C18H18N6. The van der Waals surface area contributed by atoms with Crippen LogP contribution >= 0.6 is 0 Å². The van der Waals surface area contributed by atoms with E-state index in [0.29, 0.717) is 11.9 Å². The molecule has 0 bridgehead atoms. The summed E-state index contributed by atoms with van der Waals surface area (Å²) in [5, 5.41) is 9.26. The normalized spacial score (nSPS) is 11.5. The molecule has 0 amide bonds. The van der Waals surface area contributed by atoms with E-state index < -0.39 is 0 Å². The van der Waals surface area contributed by atoms with Gasteiger partial charge in [0.2, 0.25) is 0 Å². The topological polar surface area (TPSA) is 60.9 Å². The molecule has 6 nitrogen and oxygen atoms in total. The number of hydrogen-bond acceptors (Lipinski definition) is 4. The van der Waals surface area contributed by atoms with Crippen LogP contribution in [0.2, 0.25) is 0 Å². The Morgan fingerprint density at radius 1 is 1.00 bits per heavy atom. The fraction of sp³-hybridized carbons (Fsp3) is 0.222. The van der Waals surface area contributed by atoms with Gasteiger partial charge in [0.25, 0.3) is 0 Å². The highest BCUT2D eigenvalue weighted by atomic mass is 15.3. The van der Waals surface area contributed by atoms with Crippen molar-refractivity contribution in [3.05, 3.63) is 54.6 Å². The number of pyridine rings is 1. The highest BCUT2D eigenvalue weighted by molar-refractivity contribution is 5.73. The Morgan fingerprint density at radius 2 is 1.88 bits per heavy atom. The van der Waals surface area contributed by atoms with Gasteiger partial charge in [0.05, 0.1) is 17.4 Å². The van der Waals surface area contributed by atoms with Crippen molar-refractivity contribution in [2.24, 2.45) is 0 Å². The minimum Gasteiger partial charge on any atom is -0.270 e. The molecular weight excluding hydrogens is 300 g/mol. The molecule has 0 atom stereocenters. The Bertz CT molecular complexity index is 997. The molecule has 0 unspecified atom stereocenters. The van der Waals surface area contributed by atoms with Crippen LogP contribution in [0.3, 0.4) is 0 Å². The van der Waals surface area contributed by atoms with E-state index in [-0.39, 0.29) is 0 Å². The van der Waals surface area contributed by atoms with Crippen LogP contribution in [0.25, 0.3) is 28.3 Å². The minimum absolute atomic E-state index is 0.339. The lowest BCUT2D eigenvalue weighted by molar-refractivity contribution is 0.534. The van der Waals surface area contributed by atoms with Crippen LogP contribution in [-0.4, -0.2) is 29.4 Å². The maximum absolute atomic E-state index is 4.66. The number of aromatic nitrogens is 6. The van der Waals surface area contributed by atoms with Crippen molar-refractivity contribution < 1.29 is 0 Å². The zero-order chi connectivity index (χ0) is 16.7. The monoisotopic (exact) mass is 318 g/mol. The zero-order valence-corrected chi connectivity index (χ0v) is 13.9. The van der Waals surface area contributed by atoms with Gasteiger partial charge in [-0.05, 0) is 44.5 Å². The number of aryl methyl sites for hydroxylation is 1. The first kappa shape index (κ1) is 14.6. The predicted molar refractivity (Wildman–Crippen MR) is 92.6 cm³/mol. The second kappa shape index (κ2) is 5.56. The summed E-state index contributed by atoms with van der Waals surface area (Å²) in [6.07, 6.45) is 7.60. The van der Waals surface area contributed by atoms with E-state index in [1.54, 1.807) is 6.20 Å². The molecule has 0 N–H and O–H groups in total. The third kappa shape index (κ3) is 2.36. The number of rotatable bonds is 3. The van der Waals surface area contributed by atoms with Crippen LogP contribution in [0.1, 0.15) is 25.5 Å². The first-order valence-electron chi connectivity index (χ1n) is 7.95. The molecule has 4 rings (SSSR count). The maximum atomic E-state index is 4.66. The van der Waals surface area contributed by atoms with Crippen LogP contribution < -0.4 is 0 Å². The fourth-order valence-corrected chi connectivity index (χ4v) is 2.73. The van der Waals surface area contributed by atoms with Crippen molar-refractivity contribution in [3.63, 3.8) is 0 Å². The first-order valence-corrected chi connectivity index (χ1v) is 7.95. The molecule has 0 aliphatic heterocycles. The SMILES string of the molecule is Cc1c(-c2ccn(C(C)C)n2)cn2nc(-c3ccccn3)ncc12. The third-order valence-electron chi connectivity index (χ3n) is 4.11. The van der Waals surface area contributed by atoms with Gasteiger partial charge >= 0.3 is 0 Å². The number of fused-ring (bicyclic) bond motifs is 1. The van der Waals surface area contributed by atoms with Crippen LogP contribution in [0.4, 0.5) is 0 Å². The van der Waals surface area contributed by atoms with E-state index in [1.165, 1.54) is 0 Å². The number of hydrogen-bond donors (Lipinski definition) is 0. The molecule has 0 aliphatic rings. The summed E-state index contributed by atoms with van der Waals surface area (Å²) in [6.45, 7) is 6.30. The summed E-state index contributed by atoms with van der Waals surface area (Å²) in [4.78, 5) is 8.77. The van der Waals surface area contributed by atoms with Crippen molar-refractivity contribution >= 4 is 5.52 Å². The molecule has 0 saturated carbocycles. The molecule has 24 heavy (non-hydrogen) atoms. The van der Waals surface area contributed by atoms with Gasteiger partial charge in [-0.1, -0.05) is 6.07 Å². The highest BCUT2D eigenvalue weighted by Crippen LogP contribution is 2.27. The molecule has 0 aliphatic carbocycles. The van der Waals surface area contributed by atoms with Crippen molar-refractivity contribution in [2.75, 3.05) is 0 Å². The Hall–Kier alpha value is -3.02. The van der Waals surface area contributed by atoms with Gasteiger partial charge in [-0.3, -0.25) is 9.67 Å². The van der Waals surface area contributed by atoms with E-state index in [0.717, 1.165) is 28.0 Å². The van der Waals surface area contributed by atoms with E-state index >= 15 is 0 Å². The predicted octanol–water partition coefficient (Wildman–Crippen LogP) is 3.54. The summed E-state index contributed by atoms with van der Waals surface area (Å²) in [6, 6.07) is 8.09. The highest BCUT2D eigenvalue weighted by Gasteiger charge is 2.14. The molecule has 0 saturated heterocycles. The van der Waals surface area contributed by atoms with Crippen LogP contribution in [-0.2, 0) is 0 Å². The second-order valence-corrected chi connectivity index (χ2v) is 6.07. The minimum atomic E-state index is 0.339. The van der Waals surface area contributed by atoms with Crippen molar-refractivity contribution in [1.82, 2.24) is 29.4 Å². The Morgan fingerprint density at radius 3 is 2.58 bits per heavy atom. The summed E-state index contributed by atoms with van der Waals surface area (Å²) in [5.74, 6) is 0.609. The quantitative estimate of drug-likeness (QED) is 0.579. The average Bonchev–Trinajstić information content (AvgIpc) is 3.21. The fourth-order valence-electron chi connectivity index (χ4n) is 2.73. The van der Waals surface area contributed by atoms with Crippen LogP contribution in [0.15, 0.2) is 49.1 Å². The van der Waals surface area contributed by atoms with E-state index in [4.69, 9.17) is 0 Å². The second-order valence-electron chi connectivity index (χ2n) is 6.07. The standard InChI is InChI=1S/C18H18N6/c1-12(2)23-9-7-15(21-23)14-11-24-17(13(14)3)10-20-18(22-24)16-6-4-5-8-19-16/h4-12H,1-3H3. The van der Waals surface area contributed by atoms with Gasteiger partial charge < -0.3 is 0 Å². The molecule has 120 valence electrons. The summed E-state index contributed by atoms with van der Waals surface area (Å²) in [5.41, 5.74) is 4.88. The van der Waals surface area contributed by atoms with E-state index in [9.17, 15) is 0 Å². The lowest BCUT2D eigenvalue weighted by Gasteiger charge is -2.03. The molecule has 6 heteroatoms. The van der Waals surface area contributed by atoms with Gasteiger partial charge in [0, 0.05) is 30.2 Å². The lowest BCUT2D eigenvalue weighted by Crippen LogP contribution is -2.00. The van der Waals surface area contributed by atoms with Gasteiger partial charge in [0.15, 0.2) is 5.82 Å². The number of nitrogens with zero attached hydrogens (tertiary/aromatic N) is 6. The molecule has 0 aromatic carbocycles. The van der Waals surface area contributed by atoms with Gasteiger partial charge in [-0.2, -0.15) is 5.10 Å². The first-order chi connectivity index (χ1) is 11.6. The molecule has 0 spiro atoms. The van der Waals surface area contributed by atoms with Crippen molar-refractivity contribution in [1.29, 1.82) is 0 Å². The maximum Gasteiger partial charge on any atom is 0.198 e. The van der Waals surface area contributed by atoms with E-state index in [1.807, 2.05) is 52.1 Å².